The fourth-order valence-electron chi connectivity index (χ4n) is 3.59. The summed E-state index contributed by atoms with van der Waals surface area (Å²) in [7, 11) is 0. The topological polar surface area (TPSA) is 29.3 Å². The van der Waals surface area contributed by atoms with E-state index in [2.05, 4.69) is 25.7 Å². The monoisotopic (exact) mass is 252 g/mol. The summed E-state index contributed by atoms with van der Waals surface area (Å²) in [4.78, 5) is 2.73. The van der Waals surface area contributed by atoms with Gasteiger partial charge in [0.05, 0.1) is 0 Å². The molecule has 0 aromatic rings. The summed E-state index contributed by atoms with van der Waals surface area (Å²) in [5, 5.41) is 0. The first kappa shape index (κ1) is 14.3. The zero-order chi connectivity index (χ0) is 13.1. The summed E-state index contributed by atoms with van der Waals surface area (Å²) in [5.74, 6) is 2.50. The minimum atomic E-state index is 0.457. The molecular weight excluding hydrogens is 220 g/mol. The first-order valence-electron chi connectivity index (χ1n) is 8.11. The van der Waals surface area contributed by atoms with Crippen LogP contribution in [-0.4, -0.2) is 30.1 Å². The summed E-state index contributed by atoms with van der Waals surface area (Å²) in [6.45, 7) is 9.60. The largest absolute Gasteiger partial charge is 0.327 e. The molecule has 18 heavy (non-hydrogen) atoms. The van der Waals surface area contributed by atoms with Crippen LogP contribution in [0.5, 0.6) is 0 Å². The molecule has 2 rings (SSSR count). The summed E-state index contributed by atoms with van der Waals surface area (Å²) in [5.41, 5.74) is 6.38. The summed E-state index contributed by atoms with van der Waals surface area (Å²) < 4.78 is 0. The van der Waals surface area contributed by atoms with E-state index in [1.807, 2.05) is 0 Å². The van der Waals surface area contributed by atoms with E-state index in [1.54, 1.807) is 0 Å². The van der Waals surface area contributed by atoms with Gasteiger partial charge in [0.25, 0.3) is 0 Å². The molecule has 0 spiro atoms. The Balaban J connectivity index is 1.88. The highest BCUT2D eigenvalue weighted by atomic mass is 15.2. The van der Waals surface area contributed by atoms with Gasteiger partial charge in [0.2, 0.25) is 0 Å². The Bertz CT molecular complexity index is 247. The number of nitrogens with two attached hydrogens (primary N) is 1. The molecule has 3 unspecified atom stereocenters. The first-order chi connectivity index (χ1) is 8.61. The fourth-order valence-corrected chi connectivity index (χ4v) is 3.59. The molecule has 0 aliphatic heterocycles. The van der Waals surface area contributed by atoms with Gasteiger partial charge in [-0.25, -0.2) is 0 Å². The van der Waals surface area contributed by atoms with E-state index >= 15 is 0 Å². The SMILES string of the molecule is CCCN(CC1CC(C(C)C)CCC1N)C1CC1. The van der Waals surface area contributed by atoms with Crippen LogP contribution < -0.4 is 5.73 Å². The van der Waals surface area contributed by atoms with Gasteiger partial charge in [-0.05, 0) is 62.8 Å². The lowest BCUT2D eigenvalue weighted by molar-refractivity contribution is 0.132. The molecule has 2 N–H and O–H groups in total. The summed E-state index contributed by atoms with van der Waals surface area (Å²) in [6, 6.07) is 1.36. The molecule has 3 atom stereocenters. The van der Waals surface area contributed by atoms with Gasteiger partial charge >= 0.3 is 0 Å². The van der Waals surface area contributed by atoms with Gasteiger partial charge in [-0.1, -0.05) is 20.8 Å². The van der Waals surface area contributed by atoms with Gasteiger partial charge in [-0.2, -0.15) is 0 Å². The van der Waals surface area contributed by atoms with Crippen LogP contribution in [0.1, 0.15) is 59.3 Å². The van der Waals surface area contributed by atoms with Crippen LogP contribution >= 0.6 is 0 Å². The van der Waals surface area contributed by atoms with Crippen LogP contribution in [-0.2, 0) is 0 Å². The third-order valence-electron chi connectivity index (χ3n) is 5.07. The van der Waals surface area contributed by atoms with Gasteiger partial charge in [0.1, 0.15) is 0 Å². The molecule has 0 aromatic heterocycles. The lowest BCUT2D eigenvalue weighted by atomic mass is 9.73. The molecular formula is C16H32N2. The van der Waals surface area contributed by atoms with Crippen molar-refractivity contribution in [2.75, 3.05) is 13.1 Å². The van der Waals surface area contributed by atoms with Gasteiger partial charge in [0, 0.05) is 18.6 Å². The smallest absolute Gasteiger partial charge is 0.00965 e. The molecule has 2 aliphatic rings. The van der Waals surface area contributed by atoms with Crippen LogP contribution in [0.2, 0.25) is 0 Å². The zero-order valence-corrected chi connectivity index (χ0v) is 12.6. The van der Waals surface area contributed by atoms with E-state index < -0.39 is 0 Å². The molecule has 2 aliphatic carbocycles. The van der Waals surface area contributed by atoms with Crippen LogP contribution in [0.15, 0.2) is 0 Å². The molecule has 0 aromatic carbocycles. The summed E-state index contributed by atoms with van der Waals surface area (Å²) >= 11 is 0. The van der Waals surface area contributed by atoms with Crippen molar-refractivity contribution in [3.05, 3.63) is 0 Å². The molecule has 0 heterocycles. The maximum absolute atomic E-state index is 6.38. The van der Waals surface area contributed by atoms with E-state index in [-0.39, 0.29) is 0 Å². The normalized spacial score (nSPS) is 33.3. The molecule has 0 saturated heterocycles. The molecule has 106 valence electrons. The van der Waals surface area contributed by atoms with E-state index in [9.17, 15) is 0 Å². The van der Waals surface area contributed by atoms with Crippen molar-refractivity contribution < 1.29 is 0 Å². The van der Waals surface area contributed by atoms with Crippen LogP contribution in [0, 0.1) is 17.8 Å². The van der Waals surface area contributed by atoms with Crippen molar-refractivity contribution in [2.24, 2.45) is 23.5 Å². The molecule has 0 radical (unpaired) electrons. The number of hydrogen-bond donors (Lipinski definition) is 1. The second-order valence-electron chi connectivity index (χ2n) is 6.97. The Kier molecular flexibility index (Phi) is 5.08. The molecule has 2 saturated carbocycles. The molecule has 2 heteroatoms. The van der Waals surface area contributed by atoms with Crippen molar-refractivity contribution in [3.8, 4) is 0 Å². The third kappa shape index (κ3) is 3.71. The Morgan fingerprint density at radius 1 is 1.17 bits per heavy atom. The predicted molar refractivity (Wildman–Crippen MR) is 78.5 cm³/mol. The molecule has 2 fully saturated rings. The lowest BCUT2D eigenvalue weighted by Gasteiger charge is -2.39. The van der Waals surface area contributed by atoms with Gasteiger partial charge < -0.3 is 10.6 Å². The minimum absolute atomic E-state index is 0.457. The Labute approximate surface area is 113 Å². The molecule has 0 bridgehead atoms. The van der Waals surface area contributed by atoms with Gasteiger partial charge in [-0.15, -0.1) is 0 Å². The number of rotatable bonds is 6. The molecule has 0 amide bonds. The van der Waals surface area contributed by atoms with Crippen molar-refractivity contribution in [2.45, 2.75) is 71.4 Å². The Morgan fingerprint density at radius 3 is 2.44 bits per heavy atom. The number of nitrogens with zero attached hydrogens (tertiary/aromatic N) is 1. The van der Waals surface area contributed by atoms with E-state index in [1.165, 1.54) is 51.6 Å². The van der Waals surface area contributed by atoms with Crippen molar-refractivity contribution in [1.29, 1.82) is 0 Å². The van der Waals surface area contributed by atoms with Crippen LogP contribution in [0.4, 0.5) is 0 Å². The first-order valence-corrected chi connectivity index (χ1v) is 8.11. The summed E-state index contributed by atoms with van der Waals surface area (Å²) in [6.07, 6.45) is 8.10. The highest BCUT2D eigenvalue weighted by Gasteiger charge is 2.34. The second-order valence-corrected chi connectivity index (χ2v) is 6.97. The predicted octanol–water partition coefficient (Wildman–Crippen LogP) is 3.26. The van der Waals surface area contributed by atoms with E-state index in [4.69, 9.17) is 5.73 Å². The molecule has 2 nitrogen and oxygen atoms in total. The maximum Gasteiger partial charge on any atom is 0.00965 e. The van der Waals surface area contributed by atoms with Gasteiger partial charge in [0.15, 0.2) is 0 Å². The van der Waals surface area contributed by atoms with Crippen LogP contribution in [0.25, 0.3) is 0 Å². The minimum Gasteiger partial charge on any atom is -0.327 e. The average Bonchev–Trinajstić information content (AvgIpc) is 3.14. The Morgan fingerprint density at radius 2 is 1.89 bits per heavy atom. The standard InChI is InChI=1S/C16H32N2/c1-4-9-18(15-6-7-15)11-14-10-13(12(2)3)5-8-16(14)17/h12-16H,4-11,17H2,1-3H3. The highest BCUT2D eigenvalue weighted by molar-refractivity contribution is 4.90. The van der Waals surface area contributed by atoms with Crippen LogP contribution in [0.3, 0.4) is 0 Å². The van der Waals surface area contributed by atoms with E-state index in [0.29, 0.717) is 6.04 Å². The lowest BCUT2D eigenvalue weighted by Crippen LogP contribution is -2.44. The zero-order valence-electron chi connectivity index (χ0n) is 12.6. The quantitative estimate of drug-likeness (QED) is 0.786. The van der Waals surface area contributed by atoms with Gasteiger partial charge in [-0.3, -0.25) is 0 Å². The maximum atomic E-state index is 6.38. The van der Waals surface area contributed by atoms with Crippen molar-refractivity contribution in [3.63, 3.8) is 0 Å². The fraction of sp³-hybridized carbons (Fsp3) is 1.00. The highest BCUT2D eigenvalue weighted by Crippen LogP contribution is 2.35. The number of hydrogen-bond acceptors (Lipinski definition) is 2. The Hall–Kier alpha value is -0.0800. The average molecular weight is 252 g/mol. The second kappa shape index (κ2) is 6.38. The van der Waals surface area contributed by atoms with Crippen molar-refractivity contribution in [1.82, 2.24) is 4.90 Å². The van der Waals surface area contributed by atoms with E-state index in [0.717, 1.165) is 23.8 Å². The van der Waals surface area contributed by atoms with Crippen molar-refractivity contribution >= 4 is 0 Å². The third-order valence-corrected chi connectivity index (χ3v) is 5.07.